The monoisotopic (exact) mass is 374 g/mol. The normalized spacial score (nSPS) is 18.0. The summed E-state index contributed by atoms with van der Waals surface area (Å²) in [6.07, 6.45) is 4.58. The molecule has 2 fully saturated rings. The van der Waals surface area contributed by atoms with Crippen molar-refractivity contribution in [2.75, 3.05) is 18.0 Å². The highest BCUT2D eigenvalue weighted by Crippen LogP contribution is 2.38. The van der Waals surface area contributed by atoms with E-state index in [1.165, 1.54) is 23.9 Å². The molecule has 1 saturated carbocycles. The third-order valence-electron chi connectivity index (χ3n) is 6.09. The van der Waals surface area contributed by atoms with Gasteiger partial charge in [0.2, 0.25) is 0 Å². The van der Waals surface area contributed by atoms with E-state index >= 15 is 0 Å². The van der Waals surface area contributed by atoms with Crippen LogP contribution in [0.2, 0.25) is 0 Å². The molecule has 144 valence electrons. The topological polar surface area (TPSA) is 51.0 Å². The molecule has 1 saturated heterocycles. The SMILES string of the molecule is Cc1cc(N2CCC(Cn3nc(C4CC4)ccc3=O)CC2)c2ccccc2n1. The van der Waals surface area contributed by atoms with Gasteiger partial charge in [-0.2, -0.15) is 5.10 Å². The quantitative estimate of drug-likeness (QED) is 0.695. The van der Waals surface area contributed by atoms with Gasteiger partial charge in [0.25, 0.3) is 5.56 Å². The molecule has 2 aromatic heterocycles. The van der Waals surface area contributed by atoms with Crippen molar-refractivity contribution in [3.8, 4) is 0 Å². The van der Waals surface area contributed by atoms with Gasteiger partial charge in [-0.1, -0.05) is 18.2 Å². The number of rotatable bonds is 4. The van der Waals surface area contributed by atoms with Crippen LogP contribution in [0.1, 0.15) is 43.0 Å². The van der Waals surface area contributed by atoms with Crippen molar-refractivity contribution < 1.29 is 0 Å². The van der Waals surface area contributed by atoms with E-state index in [4.69, 9.17) is 0 Å². The summed E-state index contributed by atoms with van der Waals surface area (Å²) in [4.78, 5) is 19.4. The van der Waals surface area contributed by atoms with Gasteiger partial charge in [0, 0.05) is 48.4 Å². The van der Waals surface area contributed by atoms with Gasteiger partial charge in [-0.3, -0.25) is 9.78 Å². The average molecular weight is 374 g/mol. The Kier molecular flexibility index (Phi) is 4.38. The van der Waals surface area contributed by atoms with Gasteiger partial charge in [0.15, 0.2) is 0 Å². The molecule has 0 bridgehead atoms. The maximum absolute atomic E-state index is 12.2. The molecule has 2 aliphatic rings. The summed E-state index contributed by atoms with van der Waals surface area (Å²) >= 11 is 0. The number of hydrogen-bond acceptors (Lipinski definition) is 4. The minimum atomic E-state index is 0.0302. The number of benzene rings is 1. The number of aromatic nitrogens is 3. The van der Waals surface area contributed by atoms with E-state index in [9.17, 15) is 4.79 Å². The molecule has 1 aromatic carbocycles. The Morgan fingerprint density at radius 3 is 2.61 bits per heavy atom. The molecule has 0 N–H and O–H groups in total. The number of fused-ring (bicyclic) bond motifs is 1. The van der Waals surface area contributed by atoms with Gasteiger partial charge in [-0.25, -0.2) is 4.68 Å². The highest BCUT2D eigenvalue weighted by atomic mass is 16.1. The zero-order valence-electron chi connectivity index (χ0n) is 16.3. The van der Waals surface area contributed by atoms with Gasteiger partial charge < -0.3 is 4.90 Å². The second-order valence-corrected chi connectivity index (χ2v) is 8.28. The van der Waals surface area contributed by atoms with E-state index in [2.05, 4.69) is 46.2 Å². The van der Waals surface area contributed by atoms with E-state index in [0.717, 1.165) is 49.4 Å². The highest BCUT2D eigenvalue weighted by molar-refractivity contribution is 5.92. The molecule has 5 rings (SSSR count). The van der Waals surface area contributed by atoms with Crippen LogP contribution in [0.5, 0.6) is 0 Å². The van der Waals surface area contributed by atoms with Crippen LogP contribution in [0, 0.1) is 12.8 Å². The molecule has 3 heterocycles. The first-order chi connectivity index (χ1) is 13.7. The summed E-state index contributed by atoms with van der Waals surface area (Å²) in [6.45, 7) is 4.82. The Bertz CT molecular complexity index is 1060. The molecule has 1 aliphatic heterocycles. The summed E-state index contributed by atoms with van der Waals surface area (Å²) in [7, 11) is 0. The standard InChI is InChI=1S/C23H26N4O/c1-16-14-22(19-4-2-3-5-21(19)24-16)26-12-10-17(11-13-26)15-27-23(28)9-8-20(25-27)18-6-7-18/h2-5,8-9,14,17-18H,6-7,10-13,15H2,1H3. The smallest absolute Gasteiger partial charge is 0.266 e. The Balaban J connectivity index is 1.31. The lowest BCUT2D eigenvalue weighted by Gasteiger charge is -2.34. The lowest BCUT2D eigenvalue weighted by molar-refractivity contribution is 0.334. The van der Waals surface area contributed by atoms with Crippen LogP contribution in [0.25, 0.3) is 10.9 Å². The fourth-order valence-electron chi connectivity index (χ4n) is 4.34. The van der Waals surface area contributed by atoms with Crippen LogP contribution in [0.3, 0.4) is 0 Å². The molecule has 3 aromatic rings. The second kappa shape index (κ2) is 7.04. The Morgan fingerprint density at radius 1 is 1.04 bits per heavy atom. The molecular formula is C23H26N4O. The third-order valence-corrected chi connectivity index (χ3v) is 6.09. The van der Waals surface area contributed by atoms with Crippen LogP contribution in [-0.2, 0) is 6.54 Å². The second-order valence-electron chi connectivity index (χ2n) is 8.28. The van der Waals surface area contributed by atoms with Gasteiger partial charge in [-0.05, 0) is 56.7 Å². The van der Waals surface area contributed by atoms with Crippen molar-refractivity contribution in [3.05, 3.63) is 64.2 Å². The molecule has 0 atom stereocenters. The van der Waals surface area contributed by atoms with Gasteiger partial charge >= 0.3 is 0 Å². The number of nitrogens with zero attached hydrogens (tertiary/aromatic N) is 4. The summed E-state index contributed by atoms with van der Waals surface area (Å²) in [5.41, 5.74) is 4.53. The highest BCUT2D eigenvalue weighted by Gasteiger charge is 2.26. The predicted octanol–water partition coefficient (Wildman–Crippen LogP) is 3.89. The van der Waals surface area contributed by atoms with E-state index in [0.29, 0.717) is 11.8 Å². The lowest BCUT2D eigenvalue weighted by atomic mass is 9.96. The van der Waals surface area contributed by atoms with Crippen molar-refractivity contribution in [2.24, 2.45) is 5.92 Å². The summed E-state index contributed by atoms with van der Waals surface area (Å²) in [5, 5.41) is 5.86. The van der Waals surface area contributed by atoms with E-state index in [1.54, 1.807) is 10.7 Å². The minimum absolute atomic E-state index is 0.0302. The average Bonchev–Trinajstić information content (AvgIpc) is 3.55. The Hall–Kier alpha value is -2.69. The molecule has 28 heavy (non-hydrogen) atoms. The lowest BCUT2D eigenvalue weighted by Crippen LogP contribution is -2.37. The zero-order chi connectivity index (χ0) is 19.1. The van der Waals surface area contributed by atoms with Gasteiger partial charge in [-0.15, -0.1) is 0 Å². The molecular weight excluding hydrogens is 348 g/mol. The molecule has 0 spiro atoms. The first kappa shape index (κ1) is 17.4. The van der Waals surface area contributed by atoms with Crippen LogP contribution in [0.4, 0.5) is 5.69 Å². The fourth-order valence-corrected chi connectivity index (χ4v) is 4.34. The van der Waals surface area contributed by atoms with Crippen molar-refractivity contribution >= 4 is 16.6 Å². The van der Waals surface area contributed by atoms with E-state index in [-0.39, 0.29) is 5.56 Å². The zero-order valence-corrected chi connectivity index (χ0v) is 16.3. The number of anilines is 1. The minimum Gasteiger partial charge on any atom is -0.371 e. The summed E-state index contributed by atoms with van der Waals surface area (Å²) in [6, 6.07) is 14.2. The predicted molar refractivity (Wildman–Crippen MR) is 112 cm³/mol. The molecule has 5 nitrogen and oxygen atoms in total. The Morgan fingerprint density at radius 2 is 1.82 bits per heavy atom. The van der Waals surface area contributed by atoms with Crippen LogP contribution in [-0.4, -0.2) is 27.9 Å². The number of piperidine rings is 1. The number of para-hydroxylation sites is 1. The number of hydrogen-bond donors (Lipinski definition) is 0. The third kappa shape index (κ3) is 3.41. The van der Waals surface area contributed by atoms with Crippen LogP contribution in [0.15, 0.2) is 47.3 Å². The molecule has 0 unspecified atom stereocenters. The largest absolute Gasteiger partial charge is 0.371 e. The number of pyridine rings is 1. The first-order valence-corrected chi connectivity index (χ1v) is 10.4. The summed E-state index contributed by atoms with van der Waals surface area (Å²) < 4.78 is 1.71. The van der Waals surface area contributed by atoms with E-state index < -0.39 is 0 Å². The maximum atomic E-state index is 12.2. The molecule has 0 amide bonds. The van der Waals surface area contributed by atoms with E-state index in [1.807, 2.05) is 12.1 Å². The first-order valence-electron chi connectivity index (χ1n) is 10.4. The summed E-state index contributed by atoms with van der Waals surface area (Å²) in [5.74, 6) is 1.09. The molecule has 0 radical (unpaired) electrons. The van der Waals surface area contributed by atoms with Crippen LogP contribution >= 0.6 is 0 Å². The van der Waals surface area contributed by atoms with Crippen molar-refractivity contribution in [3.63, 3.8) is 0 Å². The fraction of sp³-hybridized carbons (Fsp3) is 0.435. The van der Waals surface area contributed by atoms with Crippen molar-refractivity contribution in [2.45, 2.75) is 45.1 Å². The maximum Gasteiger partial charge on any atom is 0.266 e. The van der Waals surface area contributed by atoms with Gasteiger partial charge in [0.1, 0.15) is 0 Å². The molecule has 5 heteroatoms. The molecule has 1 aliphatic carbocycles. The van der Waals surface area contributed by atoms with Crippen molar-refractivity contribution in [1.29, 1.82) is 0 Å². The van der Waals surface area contributed by atoms with Crippen LogP contribution < -0.4 is 10.5 Å². The van der Waals surface area contributed by atoms with Gasteiger partial charge in [0.05, 0.1) is 11.2 Å². The van der Waals surface area contributed by atoms with Crippen molar-refractivity contribution in [1.82, 2.24) is 14.8 Å². The number of aryl methyl sites for hydroxylation is 1. The Labute approximate surface area is 165 Å².